The first-order valence-corrected chi connectivity index (χ1v) is 11.8. The Morgan fingerprint density at radius 3 is 2.57 bits per heavy atom. The van der Waals surface area contributed by atoms with Crippen LogP contribution in [0, 0.1) is 17.3 Å². The number of carbonyl (C=O) groups is 1. The fraction of sp³-hybridized carbons (Fsp3) is 0.591. The van der Waals surface area contributed by atoms with Crippen LogP contribution in [0.1, 0.15) is 34.6 Å². The molecule has 1 saturated heterocycles. The van der Waals surface area contributed by atoms with E-state index in [2.05, 4.69) is 25.2 Å². The summed E-state index contributed by atoms with van der Waals surface area (Å²) < 4.78 is 38.7. The minimum atomic E-state index is -3.76. The molecule has 1 heterocycles. The van der Waals surface area contributed by atoms with Gasteiger partial charge in [-0.3, -0.25) is 4.79 Å². The molecular weight excluding hydrogens is 404 g/mol. The summed E-state index contributed by atoms with van der Waals surface area (Å²) in [6.07, 6.45) is 2.14. The molecule has 166 valence electrons. The van der Waals surface area contributed by atoms with Gasteiger partial charge in [0.1, 0.15) is 10.6 Å². The number of hydrogen-bond acceptors (Lipinski definition) is 5. The SMILES string of the molecule is CCOc1ccc(NC(=O)C2C(C=C(C)C)C2(C)C)cc1S(=O)(=O)N1CCOCC1. The smallest absolute Gasteiger partial charge is 0.246 e. The van der Waals surface area contributed by atoms with Crippen molar-refractivity contribution in [3.63, 3.8) is 0 Å². The topological polar surface area (TPSA) is 84.9 Å². The number of rotatable bonds is 7. The summed E-state index contributed by atoms with van der Waals surface area (Å²) in [7, 11) is -3.76. The first kappa shape index (κ1) is 22.8. The maximum Gasteiger partial charge on any atom is 0.246 e. The summed E-state index contributed by atoms with van der Waals surface area (Å²) in [5.41, 5.74) is 1.52. The summed E-state index contributed by atoms with van der Waals surface area (Å²) in [4.78, 5) is 13.0. The van der Waals surface area contributed by atoms with Gasteiger partial charge in [-0.2, -0.15) is 4.31 Å². The van der Waals surface area contributed by atoms with Crippen LogP contribution in [0.15, 0.2) is 34.7 Å². The third-order valence-corrected chi connectivity index (χ3v) is 7.72. The Bertz CT molecular complexity index is 929. The minimum Gasteiger partial charge on any atom is -0.492 e. The van der Waals surface area contributed by atoms with Crippen LogP contribution >= 0.6 is 0 Å². The van der Waals surface area contributed by atoms with Crippen molar-refractivity contribution in [2.75, 3.05) is 38.2 Å². The molecule has 7 nitrogen and oxygen atoms in total. The molecule has 30 heavy (non-hydrogen) atoms. The predicted molar refractivity (Wildman–Crippen MR) is 116 cm³/mol. The normalized spacial score (nSPS) is 23.5. The van der Waals surface area contributed by atoms with Crippen molar-refractivity contribution in [2.45, 2.75) is 39.5 Å². The van der Waals surface area contributed by atoms with Crippen molar-refractivity contribution in [3.05, 3.63) is 29.8 Å². The van der Waals surface area contributed by atoms with Gasteiger partial charge in [0.2, 0.25) is 15.9 Å². The molecule has 1 aromatic carbocycles. The summed E-state index contributed by atoms with van der Waals surface area (Å²) in [5, 5.41) is 2.92. The average molecular weight is 437 g/mol. The van der Waals surface area contributed by atoms with Gasteiger partial charge in [-0.15, -0.1) is 0 Å². The third-order valence-electron chi connectivity index (χ3n) is 5.81. The largest absolute Gasteiger partial charge is 0.492 e. The van der Waals surface area contributed by atoms with Crippen LogP contribution in [0.3, 0.4) is 0 Å². The molecule has 2 unspecified atom stereocenters. The number of carbonyl (C=O) groups excluding carboxylic acids is 1. The number of amides is 1. The van der Waals surface area contributed by atoms with E-state index in [1.807, 2.05) is 13.8 Å². The van der Waals surface area contributed by atoms with Gasteiger partial charge in [0.05, 0.1) is 25.7 Å². The molecule has 0 bridgehead atoms. The van der Waals surface area contributed by atoms with Crippen LogP contribution in [0.5, 0.6) is 5.75 Å². The van der Waals surface area contributed by atoms with Crippen molar-refractivity contribution < 1.29 is 22.7 Å². The third kappa shape index (κ3) is 4.55. The van der Waals surface area contributed by atoms with Crippen molar-refractivity contribution in [3.8, 4) is 5.75 Å². The van der Waals surface area contributed by atoms with Gasteiger partial charge in [-0.1, -0.05) is 25.5 Å². The Hall–Kier alpha value is -1.90. The van der Waals surface area contributed by atoms with Gasteiger partial charge in [0.25, 0.3) is 0 Å². The van der Waals surface area contributed by atoms with E-state index in [4.69, 9.17) is 9.47 Å². The van der Waals surface area contributed by atoms with E-state index in [0.29, 0.717) is 38.6 Å². The summed E-state index contributed by atoms with van der Waals surface area (Å²) in [6, 6.07) is 4.80. The van der Waals surface area contributed by atoms with Crippen LogP contribution in [-0.4, -0.2) is 51.5 Å². The number of morpholine rings is 1. The number of nitrogens with zero attached hydrogens (tertiary/aromatic N) is 1. The van der Waals surface area contributed by atoms with Gasteiger partial charge in [-0.25, -0.2) is 8.42 Å². The quantitative estimate of drug-likeness (QED) is 0.663. The first-order chi connectivity index (χ1) is 14.1. The lowest BCUT2D eigenvalue weighted by Gasteiger charge is -2.27. The average Bonchev–Trinajstić information content (AvgIpc) is 3.23. The monoisotopic (exact) mass is 436 g/mol. The predicted octanol–water partition coefficient (Wildman–Crippen LogP) is 3.28. The number of nitrogens with one attached hydrogen (secondary N) is 1. The van der Waals surface area contributed by atoms with Gasteiger partial charge in [-0.05, 0) is 50.3 Å². The zero-order valence-electron chi connectivity index (χ0n) is 18.4. The summed E-state index contributed by atoms with van der Waals surface area (Å²) >= 11 is 0. The van der Waals surface area contributed by atoms with E-state index >= 15 is 0 Å². The van der Waals surface area contributed by atoms with Crippen LogP contribution < -0.4 is 10.1 Å². The zero-order valence-corrected chi connectivity index (χ0v) is 19.2. The molecule has 1 N–H and O–H groups in total. The van der Waals surface area contributed by atoms with E-state index < -0.39 is 10.0 Å². The van der Waals surface area contributed by atoms with Gasteiger partial charge in [0.15, 0.2) is 0 Å². The zero-order chi connectivity index (χ0) is 22.1. The van der Waals surface area contributed by atoms with E-state index in [9.17, 15) is 13.2 Å². The fourth-order valence-electron chi connectivity index (χ4n) is 4.06. The lowest BCUT2D eigenvalue weighted by atomic mass is 10.1. The van der Waals surface area contributed by atoms with Crippen molar-refractivity contribution >= 4 is 21.6 Å². The number of benzene rings is 1. The second kappa shape index (κ2) is 8.69. The highest BCUT2D eigenvalue weighted by molar-refractivity contribution is 7.89. The maximum absolute atomic E-state index is 13.2. The number of sulfonamides is 1. The van der Waals surface area contributed by atoms with Gasteiger partial charge in [0, 0.05) is 18.8 Å². The molecule has 1 amide bonds. The van der Waals surface area contributed by atoms with Crippen LogP contribution in [0.2, 0.25) is 0 Å². The highest BCUT2D eigenvalue weighted by Gasteiger charge is 2.60. The van der Waals surface area contributed by atoms with Crippen molar-refractivity contribution in [1.29, 1.82) is 0 Å². The fourth-order valence-corrected chi connectivity index (χ4v) is 5.62. The lowest BCUT2D eigenvalue weighted by molar-refractivity contribution is -0.118. The number of ether oxygens (including phenoxy) is 2. The van der Waals surface area contributed by atoms with E-state index in [1.165, 1.54) is 15.9 Å². The molecule has 0 aromatic heterocycles. The number of anilines is 1. The Morgan fingerprint density at radius 1 is 1.30 bits per heavy atom. The molecule has 1 aliphatic carbocycles. The molecule has 0 radical (unpaired) electrons. The second-order valence-electron chi connectivity index (χ2n) is 8.67. The molecule has 2 fully saturated rings. The van der Waals surface area contributed by atoms with Crippen LogP contribution in [-0.2, 0) is 19.6 Å². The van der Waals surface area contributed by atoms with E-state index in [0.717, 1.165) is 0 Å². The highest BCUT2D eigenvalue weighted by Crippen LogP contribution is 2.59. The first-order valence-electron chi connectivity index (χ1n) is 10.4. The highest BCUT2D eigenvalue weighted by atomic mass is 32.2. The molecule has 0 spiro atoms. The molecule has 2 aliphatic rings. The van der Waals surface area contributed by atoms with Gasteiger partial charge < -0.3 is 14.8 Å². The van der Waals surface area contributed by atoms with Crippen molar-refractivity contribution in [1.82, 2.24) is 4.31 Å². The minimum absolute atomic E-state index is 0.0694. The number of hydrogen-bond donors (Lipinski definition) is 1. The Morgan fingerprint density at radius 2 is 1.97 bits per heavy atom. The lowest BCUT2D eigenvalue weighted by Crippen LogP contribution is -2.40. The Labute approximate surface area is 179 Å². The van der Waals surface area contributed by atoms with Crippen LogP contribution in [0.25, 0.3) is 0 Å². The summed E-state index contributed by atoms with van der Waals surface area (Å²) in [6.45, 7) is 11.7. The maximum atomic E-state index is 13.2. The molecule has 1 saturated carbocycles. The van der Waals surface area contributed by atoms with Gasteiger partial charge >= 0.3 is 0 Å². The molecule has 1 aromatic rings. The molecule has 2 atom stereocenters. The van der Waals surface area contributed by atoms with E-state index in [1.54, 1.807) is 19.1 Å². The molecule has 8 heteroatoms. The van der Waals surface area contributed by atoms with Crippen LogP contribution in [0.4, 0.5) is 5.69 Å². The molecule has 3 rings (SSSR count). The Balaban J connectivity index is 1.86. The standard InChI is InChI=1S/C22H32N2O5S/c1-6-29-18-8-7-16(14-19(18)30(26,27)24-9-11-28-12-10-24)23-21(25)20-17(13-15(2)3)22(20,4)5/h7-8,13-14,17,20H,6,9-12H2,1-5H3,(H,23,25). The Kier molecular flexibility index (Phi) is 6.60. The second-order valence-corrected chi connectivity index (χ2v) is 10.6. The molecule has 1 aliphatic heterocycles. The summed E-state index contributed by atoms with van der Waals surface area (Å²) in [5.74, 6) is 0.234. The molecular formula is C22H32N2O5S. The van der Waals surface area contributed by atoms with E-state index in [-0.39, 0.29) is 33.8 Å². The van der Waals surface area contributed by atoms with Crippen molar-refractivity contribution in [2.24, 2.45) is 17.3 Å². The number of allylic oxidation sites excluding steroid dienone is 2.